The fourth-order valence-electron chi connectivity index (χ4n) is 2.21. The van der Waals surface area contributed by atoms with E-state index in [1.165, 1.54) is 27.8 Å². The summed E-state index contributed by atoms with van der Waals surface area (Å²) in [6.07, 6.45) is 3.66. The van der Waals surface area contributed by atoms with Gasteiger partial charge < -0.3 is 5.32 Å². The van der Waals surface area contributed by atoms with Gasteiger partial charge in [-0.1, -0.05) is 29.5 Å². The SMILES string of the molecule is c1ccc2sc(-c3nnc(CCNC4CC4)s3)cc2c1. The van der Waals surface area contributed by atoms with E-state index >= 15 is 0 Å². The summed E-state index contributed by atoms with van der Waals surface area (Å²) in [5.41, 5.74) is 0. The van der Waals surface area contributed by atoms with Crippen LogP contribution < -0.4 is 5.32 Å². The summed E-state index contributed by atoms with van der Waals surface area (Å²) in [5, 5.41) is 15.6. The minimum atomic E-state index is 0.769. The smallest absolute Gasteiger partial charge is 0.157 e. The van der Waals surface area contributed by atoms with Crippen LogP contribution in [0.2, 0.25) is 0 Å². The van der Waals surface area contributed by atoms with Crippen LogP contribution in [-0.2, 0) is 6.42 Å². The summed E-state index contributed by atoms with van der Waals surface area (Å²) in [7, 11) is 0. The van der Waals surface area contributed by atoms with Crippen LogP contribution in [0.1, 0.15) is 17.8 Å². The van der Waals surface area contributed by atoms with E-state index in [1.54, 1.807) is 22.7 Å². The van der Waals surface area contributed by atoms with Gasteiger partial charge in [0.15, 0.2) is 5.01 Å². The molecular weight excluding hydrogens is 286 g/mol. The van der Waals surface area contributed by atoms with Gasteiger partial charge in [-0.05, 0) is 30.4 Å². The van der Waals surface area contributed by atoms with Crippen LogP contribution in [0.4, 0.5) is 0 Å². The summed E-state index contributed by atoms with van der Waals surface area (Å²) in [5.74, 6) is 0. The van der Waals surface area contributed by atoms with Gasteiger partial charge >= 0.3 is 0 Å². The average molecular weight is 301 g/mol. The maximum Gasteiger partial charge on any atom is 0.157 e. The summed E-state index contributed by atoms with van der Waals surface area (Å²) in [4.78, 5) is 1.23. The number of fused-ring (bicyclic) bond motifs is 1. The molecule has 102 valence electrons. The highest BCUT2D eigenvalue weighted by Crippen LogP contribution is 2.34. The number of aromatic nitrogens is 2. The molecule has 1 aliphatic rings. The molecular formula is C15H15N3S2. The number of nitrogens with zero attached hydrogens (tertiary/aromatic N) is 2. The monoisotopic (exact) mass is 301 g/mol. The molecule has 0 spiro atoms. The van der Waals surface area contributed by atoms with Gasteiger partial charge in [0.05, 0.1) is 4.88 Å². The second-order valence-electron chi connectivity index (χ2n) is 5.13. The van der Waals surface area contributed by atoms with Crippen LogP contribution >= 0.6 is 22.7 Å². The molecule has 2 heterocycles. The third-order valence-corrected chi connectivity index (χ3v) is 5.72. The largest absolute Gasteiger partial charge is 0.314 e. The van der Waals surface area contributed by atoms with Crippen LogP contribution in [-0.4, -0.2) is 22.8 Å². The molecule has 3 aromatic rings. The number of hydrogen-bond donors (Lipinski definition) is 1. The fraction of sp³-hybridized carbons (Fsp3) is 0.333. The first-order valence-electron chi connectivity index (χ1n) is 6.93. The standard InChI is InChI=1S/C15H15N3S2/c1-2-4-12-10(3-1)9-13(19-12)15-18-17-14(20-15)7-8-16-11-5-6-11/h1-4,9,11,16H,5-8H2. The minimum Gasteiger partial charge on any atom is -0.314 e. The van der Waals surface area contributed by atoms with E-state index < -0.39 is 0 Å². The summed E-state index contributed by atoms with van der Waals surface area (Å²) in [6.45, 7) is 1.02. The number of thiophene rings is 1. The second kappa shape index (κ2) is 5.24. The molecule has 1 aliphatic carbocycles. The first kappa shape index (κ1) is 12.4. The Morgan fingerprint density at radius 1 is 1.15 bits per heavy atom. The lowest BCUT2D eigenvalue weighted by molar-refractivity contribution is 0.677. The van der Waals surface area contributed by atoms with Crippen molar-refractivity contribution >= 4 is 32.8 Å². The summed E-state index contributed by atoms with van der Waals surface area (Å²) >= 11 is 3.52. The zero-order valence-electron chi connectivity index (χ0n) is 11.0. The van der Waals surface area contributed by atoms with Crippen molar-refractivity contribution in [1.82, 2.24) is 15.5 Å². The van der Waals surface area contributed by atoms with Crippen molar-refractivity contribution in [2.24, 2.45) is 0 Å². The Morgan fingerprint density at radius 2 is 2.05 bits per heavy atom. The van der Waals surface area contributed by atoms with Crippen LogP contribution in [0.5, 0.6) is 0 Å². The molecule has 5 heteroatoms. The van der Waals surface area contributed by atoms with Crippen molar-refractivity contribution in [3.8, 4) is 9.88 Å². The van der Waals surface area contributed by atoms with Crippen molar-refractivity contribution in [3.63, 3.8) is 0 Å². The topological polar surface area (TPSA) is 37.8 Å². The Bertz CT molecular complexity index is 694. The van der Waals surface area contributed by atoms with E-state index in [0.717, 1.165) is 29.0 Å². The molecule has 0 amide bonds. The Balaban J connectivity index is 1.51. The first-order chi connectivity index (χ1) is 9.88. The molecule has 0 unspecified atom stereocenters. The molecule has 1 N–H and O–H groups in total. The fourth-order valence-corrected chi connectivity index (χ4v) is 4.15. The quantitative estimate of drug-likeness (QED) is 0.780. The highest BCUT2D eigenvalue weighted by atomic mass is 32.1. The predicted octanol–water partition coefficient (Wildman–Crippen LogP) is 3.71. The Morgan fingerprint density at radius 3 is 2.90 bits per heavy atom. The van der Waals surface area contributed by atoms with E-state index in [9.17, 15) is 0 Å². The predicted molar refractivity (Wildman–Crippen MR) is 85.5 cm³/mol. The number of rotatable bonds is 5. The second-order valence-corrected chi connectivity index (χ2v) is 7.27. The third kappa shape index (κ3) is 2.61. The van der Waals surface area contributed by atoms with Gasteiger partial charge in [-0.25, -0.2) is 0 Å². The highest BCUT2D eigenvalue weighted by Gasteiger charge is 2.20. The first-order valence-corrected chi connectivity index (χ1v) is 8.56. The van der Waals surface area contributed by atoms with Crippen molar-refractivity contribution in [3.05, 3.63) is 35.3 Å². The molecule has 0 bridgehead atoms. The maximum absolute atomic E-state index is 4.35. The molecule has 0 saturated heterocycles. The molecule has 0 aliphatic heterocycles. The zero-order valence-corrected chi connectivity index (χ0v) is 12.6. The summed E-state index contributed by atoms with van der Waals surface area (Å²) < 4.78 is 1.31. The summed E-state index contributed by atoms with van der Waals surface area (Å²) in [6, 6.07) is 11.4. The van der Waals surface area contributed by atoms with E-state index in [0.29, 0.717) is 0 Å². The van der Waals surface area contributed by atoms with Crippen LogP contribution in [0.25, 0.3) is 20.0 Å². The molecule has 1 fully saturated rings. The van der Waals surface area contributed by atoms with Gasteiger partial charge in [-0.3, -0.25) is 0 Å². The van der Waals surface area contributed by atoms with Crippen molar-refractivity contribution in [2.45, 2.75) is 25.3 Å². The molecule has 1 saturated carbocycles. The number of benzene rings is 1. The molecule has 3 nitrogen and oxygen atoms in total. The van der Waals surface area contributed by atoms with E-state index in [2.05, 4.69) is 45.8 Å². The van der Waals surface area contributed by atoms with Gasteiger partial charge in [-0.15, -0.1) is 21.5 Å². The van der Waals surface area contributed by atoms with Gasteiger partial charge in [0.2, 0.25) is 0 Å². The van der Waals surface area contributed by atoms with E-state index in [4.69, 9.17) is 0 Å². The minimum absolute atomic E-state index is 0.769. The van der Waals surface area contributed by atoms with Gasteiger partial charge in [0.25, 0.3) is 0 Å². The molecule has 0 radical (unpaired) electrons. The van der Waals surface area contributed by atoms with Crippen molar-refractivity contribution < 1.29 is 0 Å². The number of nitrogens with one attached hydrogen (secondary N) is 1. The molecule has 20 heavy (non-hydrogen) atoms. The molecule has 1 aromatic carbocycles. The lowest BCUT2D eigenvalue weighted by Crippen LogP contribution is -2.19. The van der Waals surface area contributed by atoms with E-state index in [1.807, 2.05) is 0 Å². The third-order valence-electron chi connectivity index (χ3n) is 3.45. The van der Waals surface area contributed by atoms with Gasteiger partial charge in [-0.2, -0.15) is 0 Å². The van der Waals surface area contributed by atoms with Gasteiger partial charge in [0.1, 0.15) is 5.01 Å². The van der Waals surface area contributed by atoms with Gasteiger partial charge in [0, 0.05) is 23.7 Å². The lowest BCUT2D eigenvalue weighted by Gasteiger charge is -1.97. The van der Waals surface area contributed by atoms with Crippen molar-refractivity contribution in [1.29, 1.82) is 0 Å². The molecule has 2 aromatic heterocycles. The Kier molecular flexibility index (Phi) is 3.26. The van der Waals surface area contributed by atoms with Crippen LogP contribution in [0.3, 0.4) is 0 Å². The zero-order chi connectivity index (χ0) is 13.4. The van der Waals surface area contributed by atoms with Crippen LogP contribution in [0.15, 0.2) is 30.3 Å². The van der Waals surface area contributed by atoms with Crippen LogP contribution in [0, 0.1) is 0 Å². The Labute approximate surface area is 125 Å². The lowest BCUT2D eigenvalue weighted by atomic mass is 10.2. The highest BCUT2D eigenvalue weighted by molar-refractivity contribution is 7.25. The number of hydrogen-bond acceptors (Lipinski definition) is 5. The maximum atomic E-state index is 4.35. The Hall–Kier alpha value is -1.30. The normalized spacial score (nSPS) is 15.0. The molecule has 4 rings (SSSR count). The van der Waals surface area contributed by atoms with Crippen molar-refractivity contribution in [2.75, 3.05) is 6.54 Å². The molecule has 0 atom stereocenters. The van der Waals surface area contributed by atoms with E-state index in [-0.39, 0.29) is 0 Å². The average Bonchev–Trinajstić information content (AvgIpc) is 3.01.